The Balaban J connectivity index is 2.79. The molecule has 6 heteroatoms. The average molecular weight is 249 g/mol. The number of aromatic nitrogens is 3. The summed E-state index contributed by atoms with van der Waals surface area (Å²) >= 11 is 0. The summed E-state index contributed by atoms with van der Waals surface area (Å²) in [6.45, 7) is 7.51. The molecule has 1 heterocycles. The Morgan fingerprint density at radius 3 is 2.61 bits per heavy atom. The molecule has 1 atom stereocenters. The molecule has 1 aromatic rings. The lowest BCUT2D eigenvalue weighted by atomic mass is 10.2. The molecule has 0 aliphatic rings. The van der Waals surface area contributed by atoms with Gasteiger partial charge in [-0.2, -0.15) is 0 Å². The maximum absolute atomic E-state index is 11.7. The van der Waals surface area contributed by atoms with E-state index >= 15 is 0 Å². The smallest absolute Gasteiger partial charge is 0.249 e. The lowest BCUT2D eigenvalue weighted by Crippen LogP contribution is -2.35. The Morgan fingerprint density at radius 1 is 1.39 bits per heavy atom. The number of nitrogens with zero attached hydrogens (tertiary/aromatic N) is 3. The number of hydrogen-bond acceptors (Lipinski definition) is 5. The third-order valence-corrected chi connectivity index (χ3v) is 2.50. The highest BCUT2D eigenvalue weighted by molar-refractivity contribution is 5.93. The van der Waals surface area contributed by atoms with Gasteiger partial charge in [0.15, 0.2) is 0 Å². The van der Waals surface area contributed by atoms with Crippen LogP contribution in [0.2, 0.25) is 0 Å². The van der Waals surface area contributed by atoms with Gasteiger partial charge in [-0.05, 0) is 19.3 Å². The number of carbonyl (C=O) groups excluding carboxylic acids is 1. The number of amides is 1. The summed E-state index contributed by atoms with van der Waals surface area (Å²) in [5.74, 6) is -0.128. The van der Waals surface area contributed by atoms with Gasteiger partial charge in [0, 0.05) is 0 Å². The molecule has 0 saturated carbocycles. The SMILES string of the molecule is C=CCC(N)C(=O)Nc1nnc(CC)c(CC)n1. The van der Waals surface area contributed by atoms with Gasteiger partial charge >= 0.3 is 0 Å². The fourth-order valence-electron chi connectivity index (χ4n) is 1.48. The van der Waals surface area contributed by atoms with E-state index in [-0.39, 0.29) is 11.9 Å². The molecule has 1 aromatic heterocycles. The fraction of sp³-hybridized carbons (Fsp3) is 0.500. The molecule has 0 saturated heterocycles. The second-order valence-corrected chi connectivity index (χ2v) is 3.86. The van der Waals surface area contributed by atoms with E-state index in [1.54, 1.807) is 6.08 Å². The van der Waals surface area contributed by atoms with Crippen LogP contribution in [0, 0.1) is 0 Å². The highest BCUT2D eigenvalue weighted by atomic mass is 16.2. The molecule has 0 fully saturated rings. The van der Waals surface area contributed by atoms with E-state index in [9.17, 15) is 4.79 Å². The molecular formula is C12H19N5O. The standard InChI is InChI=1S/C12H19N5O/c1-4-7-8(13)11(18)15-12-14-9(5-2)10(6-3)16-17-12/h4,8H,1,5-7,13H2,2-3H3,(H,14,15,17,18). The first-order valence-electron chi connectivity index (χ1n) is 6.02. The quantitative estimate of drug-likeness (QED) is 0.728. The molecule has 18 heavy (non-hydrogen) atoms. The van der Waals surface area contributed by atoms with Crippen molar-refractivity contribution in [2.75, 3.05) is 5.32 Å². The molecule has 3 N–H and O–H groups in total. The number of rotatable bonds is 6. The van der Waals surface area contributed by atoms with Crippen molar-refractivity contribution in [1.29, 1.82) is 0 Å². The molecule has 0 radical (unpaired) electrons. The molecule has 0 bridgehead atoms. The van der Waals surface area contributed by atoms with Gasteiger partial charge in [0.05, 0.1) is 17.4 Å². The molecule has 1 amide bonds. The zero-order chi connectivity index (χ0) is 13.5. The molecule has 0 aliphatic carbocycles. The molecule has 0 aliphatic heterocycles. The van der Waals surface area contributed by atoms with Crippen LogP contribution in [0.4, 0.5) is 5.95 Å². The predicted molar refractivity (Wildman–Crippen MR) is 70.0 cm³/mol. The minimum absolute atomic E-state index is 0.202. The molecular weight excluding hydrogens is 230 g/mol. The van der Waals surface area contributed by atoms with Gasteiger partial charge in [-0.15, -0.1) is 16.8 Å². The summed E-state index contributed by atoms with van der Waals surface area (Å²) in [5, 5.41) is 10.5. The number of anilines is 1. The number of aryl methyl sites for hydroxylation is 2. The lowest BCUT2D eigenvalue weighted by Gasteiger charge is -2.10. The maximum atomic E-state index is 11.7. The van der Waals surface area contributed by atoms with Crippen LogP contribution in [-0.2, 0) is 17.6 Å². The Morgan fingerprint density at radius 2 is 2.06 bits per heavy atom. The Bertz CT molecular complexity index is 432. The molecule has 0 aromatic carbocycles. The third kappa shape index (κ3) is 3.59. The molecule has 0 spiro atoms. The van der Waals surface area contributed by atoms with E-state index in [0.29, 0.717) is 6.42 Å². The highest BCUT2D eigenvalue weighted by Gasteiger charge is 2.14. The van der Waals surface area contributed by atoms with Gasteiger partial charge in [0.25, 0.3) is 0 Å². The summed E-state index contributed by atoms with van der Waals surface area (Å²) in [4.78, 5) is 15.9. The monoisotopic (exact) mass is 249 g/mol. The van der Waals surface area contributed by atoms with Crippen LogP contribution in [0.3, 0.4) is 0 Å². The van der Waals surface area contributed by atoms with Crippen molar-refractivity contribution in [3.63, 3.8) is 0 Å². The van der Waals surface area contributed by atoms with Gasteiger partial charge < -0.3 is 5.73 Å². The van der Waals surface area contributed by atoms with Crippen molar-refractivity contribution in [2.45, 2.75) is 39.2 Å². The lowest BCUT2D eigenvalue weighted by molar-refractivity contribution is -0.117. The number of hydrogen-bond donors (Lipinski definition) is 2. The number of nitrogens with two attached hydrogens (primary N) is 1. The molecule has 98 valence electrons. The van der Waals surface area contributed by atoms with Crippen LogP contribution in [0.15, 0.2) is 12.7 Å². The second kappa shape index (κ2) is 6.80. The van der Waals surface area contributed by atoms with Gasteiger partial charge in [-0.3, -0.25) is 10.1 Å². The second-order valence-electron chi connectivity index (χ2n) is 3.86. The van der Waals surface area contributed by atoms with E-state index in [1.165, 1.54) is 0 Å². The van der Waals surface area contributed by atoms with Gasteiger partial charge in [-0.25, -0.2) is 4.98 Å². The van der Waals surface area contributed by atoms with Crippen molar-refractivity contribution in [1.82, 2.24) is 15.2 Å². The Labute approximate surface area is 107 Å². The zero-order valence-corrected chi connectivity index (χ0v) is 10.8. The summed E-state index contributed by atoms with van der Waals surface area (Å²) in [5.41, 5.74) is 7.34. The van der Waals surface area contributed by atoms with Crippen molar-refractivity contribution >= 4 is 11.9 Å². The zero-order valence-electron chi connectivity index (χ0n) is 10.8. The van der Waals surface area contributed by atoms with Crippen LogP contribution in [0.5, 0.6) is 0 Å². The Kier molecular flexibility index (Phi) is 5.38. The Hall–Kier alpha value is -1.82. The summed E-state index contributed by atoms with van der Waals surface area (Å²) < 4.78 is 0. The first-order chi connectivity index (χ1) is 8.62. The van der Waals surface area contributed by atoms with Crippen molar-refractivity contribution < 1.29 is 4.79 Å². The minimum Gasteiger partial charge on any atom is -0.320 e. The summed E-state index contributed by atoms with van der Waals surface area (Å²) in [6, 6.07) is -0.637. The fourth-order valence-corrected chi connectivity index (χ4v) is 1.48. The predicted octanol–water partition coefficient (Wildman–Crippen LogP) is 0.838. The van der Waals surface area contributed by atoms with Crippen LogP contribution < -0.4 is 11.1 Å². The third-order valence-electron chi connectivity index (χ3n) is 2.50. The maximum Gasteiger partial charge on any atom is 0.249 e. The highest BCUT2D eigenvalue weighted by Crippen LogP contribution is 2.07. The topological polar surface area (TPSA) is 93.8 Å². The largest absolute Gasteiger partial charge is 0.320 e. The van der Waals surface area contributed by atoms with Crippen LogP contribution in [0.25, 0.3) is 0 Å². The van der Waals surface area contributed by atoms with Gasteiger partial charge in [0.1, 0.15) is 0 Å². The average Bonchev–Trinajstić information content (AvgIpc) is 2.38. The summed E-state index contributed by atoms with van der Waals surface area (Å²) in [7, 11) is 0. The van der Waals surface area contributed by atoms with Gasteiger partial charge in [-0.1, -0.05) is 19.9 Å². The van der Waals surface area contributed by atoms with E-state index in [4.69, 9.17) is 5.73 Å². The molecule has 1 unspecified atom stereocenters. The minimum atomic E-state index is -0.637. The number of carbonyl (C=O) groups is 1. The number of nitrogens with one attached hydrogen (secondary N) is 1. The van der Waals surface area contributed by atoms with Crippen molar-refractivity contribution in [3.05, 3.63) is 24.0 Å². The van der Waals surface area contributed by atoms with E-state index in [2.05, 4.69) is 27.1 Å². The first kappa shape index (κ1) is 14.2. The van der Waals surface area contributed by atoms with E-state index in [0.717, 1.165) is 24.2 Å². The molecule has 1 rings (SSSR count). The van der Waals surface area contributed by atoms with Crippen LogP contribution in [0.1, 0.15) is 31.7 Å². The molecule has 6 nitrogen and oxygen atoms in total. The summed E-state index contributed by atoms with van der Waals surface area (Å²) in [6.07, 6.45) is 3.53. The van der Waals surface area contributed by atoms with Crippen LogP contribution >= 0.6 is 0 Å². The first-order valence-corrected chi connectivity index (χ1v) is 6.02. The van der Waals surface area contributed by atoms with E-state index < -0.39 is 6.04 Å². The van der Waals surface area contributed by atoms with Crippen molar-refractivity contribution in [3.8, 4) is 0 Å². The van der Waals surface area contributed by atoms with Crippen molar-refractivity contribution in [2.24, 2.45) is 5.73 Å². The van der Waals surface area contributed by atoms with E-state index in [1.807, 2.05) is 13.8 Å². The normalized spacial score (nSPS) is 11.9. The van der Waals surface area contributed by atoms with Gasteiger partial charge in [0.2, 0.25) is 11.9 Å². The van der Waals surface area contributed by atoms with Crippen LogP contribution in [-0.4, -0.2) is 27.1 Å².